The fraction of sp³-hybridized carbons (Fsp3) is 0.200. The topological polar surface area (TPSA) is 54.4 Å². The molecule has 0 amide bonds. The van der Waals surface area contributed by atoms with Crippen LogP contribution in [0.4, 0.5) is 8.78 Å². The first-order chi connectivity index (χ1) is 9.79. The maximum Gasteiger partial charge on any atom is 0.175 e. The Balaban J connectivity index is 2.21. The Morgan fingerprint density at radius 2 is 1.71 bits per heavy atom. The standard InChI is InChI=1S/C15H14F2O3S/c1-21(19,20)12-7-5-10(6-8-12)14(18)9-11-3-2-4-13(16)15(11)17/h2-8,14,18H,9H2,1H3. The first-order valence-corrected chi connectivity index (χ1v) is 8.09. The first-order valence-electron chi connectivity index (χ1n) is 6.20. The van der Waals surface area contributed by atoms with Gasteiger partial charge in [0.05, 0.1) is 11.0 Å². The molecule has 0 aliphatic rings. The van der Waals surface area contributed by atoms with Crippen LogP contribution in [-0.2, 0) is 16.3 Å². The van der Waals surface area contributed by atoms with E-state index in [1.165, 1.54) is 36.4 Å². The van der Waals surface area contributed by atoms with E-state index < -0.39 is 27.6 Å². The van der Waals surface area contributed by atoms with Crippen LogP contribution < -0.4 is 0 Å². The molecule has 0 aromatic heterocycles. The average Bonchev–Trinajstić information content (AvgIpc) is 2.43. The molecule has 0 fully saturated rings. The van der Waals surface area contributed by atoms with Gasteiger partial charge in [-0.25, -0.2) is 17.2 Å². The van der Waals surface area contributed by atoms with Crippen LogP contribution in [0.15, 0.2) is 47.4 Å². The van der Waals surface area contributed by atoms with E-state index in [0.717, 1.165) is 12.3 Å². The van der Waals surface area contributed by atoms with Gasteiger partial charge in [0.15, 0.2) is 21.5 Å². The number of hydrogen-bond donors (Lipinski definition) is 1. The summed E-state index contributed by atoms with van der Waals surface area (Å²) in [7, 11) is -3.31. The molecule has 0 bridgehead atoms. The number of aliphatic hydroxyl groups excluding tert-OH is 1. The van der Waals surface area contributed by atoms with E-state index in [9.17, 15) is 22.3 Å². The predicted octanol–water partition coefficient (Wildman–Crippen LogP) is 2.64. The molecular formula is C15H14F2O3S. The number of benzene rings is 2. The summed E-state index contributed by atoms with van der Waals surface area (Å²) in [5, 5.41) is 10.0. The molecule has 0 heterocycles. The Kier molecular flexibility index (Phi) is 4.39. The monoisotopic (exact) mass is 312 g/mol. The lowest BCUT2D eigenvalue weighted by molar-refractivity contribution is 0.176. The van der Waals surface area contributed by atoms with Crippen LogP contribution in [0.25, 0.3) is 0 Å². The summed E-state index contributed by atoms with van der Waals surface area (Å²) in [4.78, 5) is 0.135. The SMILES string of the molecule is CS(=O)(=O)c1ccc(C(O)Cc2cccc(F)c2F)cc1. The summed E-state index contributed by atoms with van der Waals surface area (Å²) in [5.41, 5.74) is 0.501. The number of rotatable bonds is 4. The van der Waals surface area contributed by atoms with Gasteiger partial charge in [-0.2, -0.15) is 0 Å². The van der Waals surface area contributed by atoms with Crippen molar-refractivity contribution in [2.75, 3.05) is 6.26 Å². The van der Waals surface area contributed by atoms with Crippen LogP contribution in [0.5, 0.6) is 0 Å². The molecule has 2 aromatic carbocycles. The van der Waals surface area contributed by atoms with Crippen molar-refractivity contribution in [3.8, 4) is 0 Å². The Morgan fingerprint density at radius 3 is 2.29 bits per heavy atom. The highest BCUT2D eigenvalue weighted by atomic mass is 32.2. The first kappa shape index (κ1) is 15.6. The molecule has 6 heteroatoms. The smallest absolute Gasteiger partial charge is 0.175 e. The van der Waals surface area contributed by atoms with Crippen LogP contribution >= 0.6 is 0 Å². The van der Waals surface area contributed by atoms with E-state index in [1.807, 2.05) is 0 Å². The molecule has 0 saturated carbocycles. The van der Waals surface area contributed by atoms with Crippen molar-refractivity contribution in [2.24, 2.45) is 0 Å². The zero-order valence-electron chi connectivity index (χ0n) is 11.3. The van der Waals surface area contributed by atoms with Crippen molar-refractivity contribution in [2.45, 2.75) is 17.4 Å². The third kappa shape index (κ3) is 3.65. The molecule has 1 unspecified atom stereocenters. The van der Waals surface area contributed by atoms with Crippen molar-refractivity contribution in [3.05, 3.63) is 65.2 Å². The highest BCUT2D eigenvalue weighted by Gasteiger charge is 2.15. The molecule has 0 saturated heterocycles. The molecule has 21 heavy (non-hydrogen) atoms. The number of hydrogen-bond acceptors (Lipinski definition) is 3. The predicted molar refractivity (Wildman–Crippen MR) is 74.6 cm³/mol. The minimum atomic E-state index is -3.31. The van der Waals surface area contributed by atoms with Crippen molar-refractivity contribution < 1.29 is 22.3 Å². The van der Waals surface area contributed by atoms with Gasteiger partial charge in [0.2, 0.25) is 0 Å². The molecular weight excluding hydrogens is 298 g/mol. The summed E-state index contributed by atoms with van der Waals surface area (Å²) in [6.07, 6.45) is -0.0579. The van der Waals surface area contributed by atoms with Gasteiger partial charge in [0.1, 0.15) is 0 Å². The molecule has 1 N–H and O–H groups in total. The Hall–Kier alpha value is -1.79. The zero-order chi connectivity index (χ0) is 15.6. The van der Waals surface area contributed by atoms with E-state index in [2.05, 4.69) is 0 Å². The molecule has 0 radical (unpaired) electrons. The Labute approximate surface area is 121 Å². The number of aliphatic hydroxyl groups is 1. The van der Waals surface area contributed by atoms with Gasteiger partial charge in [-0.15, -0.1) is 0 Å². The van der Waals surface area contributed by atoms with Crippen LogP contribution in [0.2, 0.25) is 0 Å². The van der Waals surface area contributed by atoms with Gasteiger partial charge in [0, 0.05) is 12.7 Å². The lowest BCUT2D eigenvalue weighted by Crippen LogP contribution is -2.05. The minimum Gasteiger partial charge on any atom is -0.388 e. The fourth-order valence-electron chi connectivity index (χ4n) is 1.97. The molecule has 0 aliphatic carbocycles. The zero-order valence-corrected chi connectivity index (χ0v) is 12.1. The quantitative estimate of drug-likeness (QED) is 0.944. The maximum atomic E-state index is 13.5. The lowest BCUT2D eigenvalue weighted by atomic mass is 10.0. The third-order valence-corrected chi connectivity index (χ3v) is 4.27. The van der Waals surface area contributed by atoms with Crippen molar-refractivity contribution in [1.82, 2.24) is 0 Å². The summed E-state index contributed by atoms with van der Waals surface area (Å²) in [6.45, 7) is 0. The van der Waals surface area contributed by atoms with Gasteiger partial charge in [-0.1, -0.05) is 24.3 Å². The average molecular weight is 312 g/mol. The third-order valence-electron chi connectivity index (χ3n) is 3.14. The van der Waals surface area contributed by atoms with E-state index in [-0.39, 0.29) is 16.9 Å². The van der Waals surface area contributed by atoms with Crippen LogP contribution in [0.1, 0.15) is 17.2 Å². The second-order valence-corrected chi connectivity index (χ2v) is 6.79. The van der Waals surface area contributed by atoms with E-state index in [4.69, 9.17) is 0 Å². The van der Waals surface area contributed by atoms with Crippen molar-refractivity contribution in [1.29, 1.82) is 0 Å². The van der Waals surface area contributed by atoms with Gasteiger partial charge < -0.3 is 5.11 Å². The molecule has 2 aromatic rings. The fourth-order valence-corrected chi connectivity index (χ4v) is 2.60. The number of sulfone groups is 1. The van der Waals surface area contributed by atoms with Gasteiger partial charge in [0.25, 0.3) is 0 Å². The molecule has 2 rings (SSSR count). The van der Waals surface area contributed by atoms with E-state index in [0.29, 0.717) is 5.56 Å². The summed E-state index contributed by atoms with van der Waals surface area (Å²) < 4.78 is 49.3. The molecule has 3 nitrogen and oxygen atoms in total. The highest BCUT2D eigenvalue weighted by molar-refractivity contribution is 7.90. The summed E-state index contributed by atoms with van der Waals surface area (Å²) in [5.74, 6) is -1.95. The maximum absolute atomic E-state index is 13.5. The van der Waals surface area contributed by atoms with E-state index in [1.54, 1.807) is 0 Å². The van der Waals surface area contributed by atoms with Crippen molar-refractivity contribution >= 4 is 9.84 Å². The van der Waals surface area contributed by atoms with Crippen molar-refractivity contribution in [3.63, 3.8) is 0 Å². The highest BCUT2D eigenvalue weighted by Crippen LogP contribution is 2.22. The molecule has 0 spiro atoms. The van der Waals surface area contributed by atoms with Crippen LogP contribution in [-0.4, -0.2) is 19.8 Å². The lowest BCUT2D eigenvalue weighted by Gasteiger charge is -2.12. The summed E-state index contributed by atoms with van der Waals surface area (Å²) in [6, 6.07) is 9.42. The van der Waals surface area contributed by atoms with Gasteiger partial charge in [-0.05, 0) is 29.3 Å². The second-order valence-electron chi connectivity index (χ2n) is 4.77. The van der Waals surface area contributed by atoms with Crippen LogP contribution in [0.3, 0.4) is 0 Å². The molecule has 0 aliphatic heterocycles. The summed E-state index contributed by atoms with van der Waals surface area (Å²) >= 11 is 0. The normalized spacial score (nSPS) is 13.1. The Bertz CT molecular complexity index is 740. The second kappa shape index (κ2) is 5.91. The molecule has 1 atom stereocenters. The van der Waals surface area contributed by atoms with Crippen LogP contribution in [0, 0.1) is 11.6 Å². The Morgan fingerprint density at radius 1 is 1.10 bits per heavy atom. The van der Waals surface area contributed by atoms with Gasteiger partial charge in [-0.3, -0.25) is 0 Å². The van der Waals surface area contributed by atoms with E-state index >= 15 is 0 Å². The number of halogens is 2. The van der Waals surface area contributed by atoms with Gasteiger partial charge >= 0.3 is 0 Å². The largest absolute Gasteiger partial charge is 0.388 e. The molecule has 112 valence electrons. The minimum absolute atomic E-state index is 0.0645.